The number of rotatable bonds is 5. The van der Waals surface area contributed by atoms with Crippen molar-refractivity contribution >= 4 is 22.8 Å². The normalized spacial score (nSPS) is 16.2. The zero-order chi connectivity index (χ0) is 23.6. The molecule has 1 saturated heterocycles. The van der Waals surface area contributed by atoms with Crippen molar-refractivity contribution in [3.63, 3.8) is 0 Å². The number of aromatic hydroxyl groups is 1. The summed E-state index contributed by atoms with van der Waals surface area (Å²) in [6, 6.07) is 11.3. The van der Waals surface area contributed by atoms with Crippen LogP contribution in [0.3, 0.4) is 0 Å². The molecule has 4 rings (SSSR count). The Hall–Kier alpha value is -3.42. The molecule has 0 bridgehead atoms. The number of carbonyl (C=O) groups is 1. The number of hydrogen-bond acceptors (Lipinski definition) is 6. The van der Waals surface area contributed by atoms with E-state index in [1.54, 1.807) is 24.3 Å². The molecule has 7 nitrogen and oxygen atoms in total. The van der Waals surface area contributed by atoms with Crippen molar-refractivity contribution in [2.75, 3.05) is 31.1 Å². The number of aromatic nitrogens is 2. The smallest absolute Gasteiger partial charge is 0.407 e. The third kappa shape index (κ3) is 5.50. The van der Waals surface area contributed by atoms with E-state index in [0.29, 0.717) is 54.3 Å². The van der Waals surface area contributed by atoms with Gasteiger partial charge in [-0.25, -0.2) is 19.2 Å². The molecule has 8 heteroatoms. The van der Waals surface area contributed by atoms with Crippen LogP contribution in [-0.4, -0.2) is 47.4 Å². The van der Waals surface area contributed by atoms with Gasteiger partial charge in [0.2, 0.25) is 0 Å². The number of anilines is 1. The molecule has 1 fully saturated rings. The van der Waals surface area contributed by atoms with Crippen molar-refractivity contribution in [1.82, 2.24) is 15.3 Å². The third-order valence-electron chi connectivity index (χ3n) is 5.54. The van der Waals surface area contributed by atoms with E-state index in [0.717, 1.165) is 6.42 Å². The number of alkyl carbamates (subject to hydrolysis) is 1. The largest absolute Gasteiger partial charge is 0.507 e. The van der Waals surface area contributed by atoms with E-state index in [2.05, 4.69) is 15.2 Å². The highest BCUT2D eigenvalue weighted by Crippen LogP contribution is 2.33. The number of ether oxygens (including phenoxy) is 1. The number of benzene rings is 2. The second kappa shape index (κ2) is 9.21. The van der Waals surface area contributed by atoms with E-state index in [1.165, 1.54) is 12.1 Å². The van der Waals surface area contributed by atoms with E-state index in [9.17, 15) is 14.3 Å². The minimum Gasteiger partial charge on any atom is -0.507 e. The van der Waals surface area contributed by atoms with E-state index in [4.69, 9.17) is 9.72 Å². The van der Waals surface area contributed by atoms with Crippen molar-refractivity contribution in [2.45, 2.75) is 27.2 Å². The van der Waals surface area contributed by atoms with Crippen LogP contribution in [-0.2, 0) is 4.74 Å². The molecule has 1 amide bonds. The van der Waals surface area contributed by atoms with Gasteiger partial charge in [-0.3, -0.25) is 0 Å². The summed E-state index contributed by atoms with van der Waals surface area (Å²) in [5.74, 6) is 0.938. The Morgan fingerprint density at radius 1 is 1.27 bits per heavy atom. The first-order valence-corrected chi connectivity index (χ1v) is 11.1. The lowest BCUT2D eigenvalue weighted by Crippen LogP contribution is -2.33. The van der Waals surface area contributed by atoms with Crippen LogP contribution >= 0.6 is 0 Å². The molecule has 1 aliphatic heterocycles. The Labute approximate surface area is 197 Å². The van der Waals surface area contributed by atoms with Crippen molar-refractivity contribution in [3.05, 3.63) is 48.3 Å². The van der Waals surface area contributed by atoms with Gasteiger partial charge in [-0.15, -0.1) is 0 Å². The molecule has 2 heterocycles. The Kier molecular flexibility index (Phi) is 6.35. The number of phenols is 1. The van der Waals surface area contributed by atoms with Gasteiger partial charge in [0.15, 0.2) is 5.82 Å². The van der Waals surface area contributed by atoms with Crippen LogP contribution in [0.2, 0.25) is 0 Å². The summed E-state index contributed by atoms with van der Waals surface area (Å²) in [6.07, 6.45) is 0.437. The molecule has 1 aliphatic rings. The predicted molar refractivity (Wildman–Crippen MR) is 132 cm³/mol. The van der Waals surface area contributed by atoms with Crippen molar-refractivity contribution in [1.29, 1.82) is 0 Å². The number of halogens is 1. The van der Waals surface area contributed by atoms with Crippen LogP contribution in [0.1, 0.15) is 31.5 Å². The van der Waals surface area contributed by atoms with Gasteiger partial charge in [-0.05, 0) is 48.1 Å². The molecule has 3 aromatic rings. The summed E-state index contributed by atoms with van der Waals surface area (Å²) in [5, 5.41) is 13.8. The molecule has 0 unspecified atom stereocenters. The van der Waals surface area contributed by atoms with Crippen LogP contribution in [0.25, 0.3) is 22.3 Å². The van der Waals surface area contributed by atoms with Gasteiger partial charge in [0, 0.05) is 29.3 Å². The third-order valence-corrected chi connectivity index (χ3v) is 5.54. The number of fused-ring (bicyclic) bond motifs is 1. The zero-order valence-electron chi connectivity index (χ0n) is 19.1. The average molecular weight is 459 g/mol. The van der Waals surface area contributed by atoms with Crippen LogP contribution in [0, 0.1) is 17.2 Å². The van der Waals surface area contributed by atoms with Gasteiger partial charge in [-0.1, -0.05) is 32.9 Å². The fourth-order valence-electron chi connectivity index (χ4n) is 3.86. The molecule has 0 aliphatic carbocycles. The van der Waals surface area contributed by atoms with E-state index >= 15 is 0 Å². The number of para-hydroxylation sites is 1. The summed E-state index contributed by atoms with van der Waals surface area (Å²) in [6.45, 7) is 8.23. The molecule has 2 N–H and O–H groups in total. The summed E-state index contributed by atoms with van der Waals surface area (Å²) in [7, 11) is 0. The first-order valence-electron chi connectivity index (χ1n) is 11.1. The maximum atomic E-state index is 14.1. The van der Waals surface area contributed by atoms with Gasteiger partial charge >= 0.3 is 6.09 Å². The number of carbonyl (C=O) groups excluding carboxylic acids is 1. The lowest BCUT2D eigenvalue weighted by atomic mass is 9.99. The number of nitrogens with one attached hydrogen (secondary N) is 1. The first kappa shape index (κ1) is 22.8. The van der Waals surface area contributed by atoms with Crippen molar-refractivity contribution in [2.24, 2.45) is 11.3 Å². The lowest BCUT2D eigenvalue weighted by molar-refractivity contribution is 0.105. The van der Waals surface area contributed by atoms with E-state index in [-0.39, 0.29) is 27.2 Å². The standard InChI is InChI=1S/C25H29FN4O3.3H2/c1-25(2,3)15-33-24(32)27-13-16-10-11-30(14-16)23-19-12-17(26)8-9-20(19)28-22(29-23)18-6-4-5-7-21(18)31;;;/h4-9,12,16,31H,10-11,13-15H2,1-3H3,(H,27,32);3*1H/t16-;;;/m0.../s1. The van der Waals surface area contributed by atoms with Crippen LogP contribution in [0.5, 0.6) is 5.75 Å². The SMILES string of the molecule is CC(C)(C)COC(=O)NC[C@@H]1CCN(c2nc(-c3ccccc3O)nc3ccc(F)cc23)C1.[HH].[HH].[HH]. The fraction of sp³-hybridized carbons (Fsp3) is 0.400. The molecular formula is C25H35FN4O3. The van der Waals surface area contributed by atoms with Gasteiger partial charge in [0.25, 0.3) is 0 Å². The van der Waals surface area contributed by atoms with Crippen molar-refractivity contribution < 1.29 is 23.3 Å². The maximum absolute atomic E-state index is 14.1. The molecule has 1 aromatic heterocycles. The minimum atomic E-state index is -0.417. The second-order valence-electron chi connectivity index (χ2n) is 9.67. The highest BCUT2D eigenvalue weighted by Gasteiger charge is 2.27. The van der Waals surface area contributed by atoms with Crippen LogP contribution < -0.4 is 10.2 Å². The topological polar surface area (TPSA) is 87.6 Å². The predicted octanol–water partition coefficient (Wildman–Crippen LogP) is 5.48. The second-order valence-corrected chi connectivity index (χ2v) is 9.67. The molecule has 180 valence electrons. The van der Waals surface area contributed by atoms with Gasteiger partial charge in [0.05, 0.1) is 17.7 Å². The summed E-state index contributed by atoms with van der Waals surface area (Å²) in [5.41, 5.74) is 1.03. The summed E-state index contributed by atoms with van der Waals surface area (Å²) >= 11 is 0. The number of nitrogens with zero attached hydrogens (tertiary/aromatic N) is 3. The zero-order valence-corrected chi connectivity index (χ0v) is 19.1. The first-order chi connectivity index (χ1) is 15.7. The number of amides is 1. The average Bonchev–Trinajstić information content (AvgIpc) is 3.24. The Bertz CT molecular complexity index is 1180. The van der Waals surface area contributed by atoms with Gasteiger partial charge in [0.1, 0.15) is 17.4 Å². The highest BCUT2D eigenvalue weighted by molar-refractivity contribution is 5.91. The quantitative estimate of drug-likeness (QED) is 0.527. The highest BCUT2D eigenvalue weighted by atomic mass is 19.1. The number of phenolic OH excluding ortho intramolecular Hbond substituents is 1. The molecule has 0 radical (unpaired) electrons. The monoisotopic (exact) mass is 458 g/mol. The molecule has 1 atom stereocenters. The minimum absolute atomic E-state index is 0. The van der Waals surface area contributed by atoms with Crippen molar-refractivity contribution in [3.8, 4) is 17.1 Å². The molecule has 2 aromatic carbocycles. The molecule has 33 heavy (non-hydrogen) atoms. The van der Waals surface area contributed by atoms with Gasteiger partial charge in [-0.2, -0.15) is 0 Å². The maximum Gasteiger partial charge on any atom is 0.407 e. The molecule has 0 spiro atoms. The van der Waals surface area contributed by atoms with Crippen LogP contribution in [0.15, 0.2) is 42.5 Å². The van der Waals surface area contributed by atoms with E-state index < -0.39 is 6.09 Å². The summed E-state index contributed by atoms with van der Waals surface area (Å²) in [4.78, 5) is 23.4. The summed E-state index contributed by atoms with van der Waals surface area (Å²) < 4.78 is 19.3. The van der Waals surface area contributed by atoms with Gasteiger partial charge < -0.3 is 20.1 Å². The molecular weight excluding hydrogens is 423 g/mol. The Morgan fingerprint density at radius 3 is 2.82 bits per heavy atom. The lowest BCUT2D eigenvalue weighted by Gasteiger charge is -2.21. The van der Waals surface area contributed by atoms with Crippen LogP contribution in [0.4, 0.5) is 15.0 Å². The Morgan fingerprint density at radius 2 is 2.06 bits per heavy atom. The Balaban J connectivity index is 0.00000216. The molecule has 0 saturated carbocycles. The number of hydrogen-bond donors (Lipinski definition) is 2. The fourth-order valence-corrected chi connectivity index (χ4v) is 3.86. The van der Waals surface area contributed by atoms with E-state index in [1.807, 2.05) is 26.8 Å².